The van der Waals surface area contributed by atoms with Gasteiger partial charge in [0.15, 0.2) is 0 Å². The lowest BCUT2D eigenvalue weighted by molar-refractivity contribution is 0.424. The molecule has 2 rings (SSSR count). The van der Waals surface area contributed by atoms with Gasteiger partial charge < -0.3 is 10.2 Å². The standard InChI is InChI=1S/C16H27N3S/c1-12-10-19(11-13(2)20-12)15-8-14(6-7-17-15)9-18-16(3,4)5/h6-8,12-13,18H,9-11H2,1-5H3. The highest BCUT2D eigenvalue weighted by Crippen LogP contribution is 2.27. The maximum absolute atomic E-state index is 4.57. The van der Waals surface area contributed by atoms with Crippen molar-refractivity contribution in [2.75, 3.05) is 18.0 Å². The fraction of sp³-hybridized carbons (Fsp3) is 0.688. The molecule has 2 unspecified atom stereocenters. The van der Waals surface area contributed by atoms with Crippen molar-refractivity contribution in [3.8, 4) is 0 Å². The van der Waals surface area contributed by atoms with Crippen LogP contribution in [0.2, 0.25) is 0 Å². The Balaban J connectivity index is 2.05. The molecule has 0 saturated carbocycles. The highest BCUT2D eigenvalue weighted by molar-refractivity contribution is 8.00. The molecule has 1 saturated heterocycles. The fourth-order valence-corrected chi connectivity index (χ4v) is 3.80. The summed E-state index contributed by atoms with van der Waals surface area (Å²) in [6, 6.07) is 4.34. The quantitative estimate of drug-likeness (QED) is 0.925. The lowest BCUT2D eigenvalue weighted by Gasteiger charge is -2.35. The van der Waals surface area contributed by atoms with Crippen LogP contribution in [0.15, 0.2) is 18.3 Å². The van der Waals surface area contributed by atoms with Gasteiger partial charge >= 0.3 is 0 Å². The zero-order valence-corrected chi connectivity index (χ0v) is 14.1. The Morgan fingerprint density at radius 3 is 2.55 bits per heavy atom. The number of anilines is 1. The third kappa shape index (κ3) is 4.67. The van der Waals surface area contributed by atoms with Gasteiger partial charge in [0.25, 0.3) is 0 Å². The van der Waals surface area contributed by atoms with E-state index < -0.39 is 0 Å². The van der Waals surface area contributed by atoms with Gasteiger partial charge in [-0.05, 0) is 38.5 Å². The zero-order valence-electron chi connectivity index (χ0n) is 13.3. The van der Waals surface area contributed by atoms with Gasteiger partial charge in [-0.15, -0.1) is 0 Å². The summed E-state index contributed by atoms with van der Waals surface area (Å²) in [6.45, 7) is 14.3. The minimum absolute atomic E-state index is 0.147. The van der Waals surface area contributed by atoms with Crippen LogP contribution in [0.3, 0.4) is 0 Å². The number of nitrogens with one attached hydrogen (secondary N) is 1. The van der Waals surface area contributed by atoms with Crippen molar-refractivity contribution in [2.24, 2.45) is 0 Å². The van der Waals surface area contributed by atoms with Crippen molar-refractivity contribution in [2.45, 2.75) is 57.2 Å². The number of nitrogens with zero attached hydrogens (tertiary/aromatic N) is 2. The van der Waals surface area contributed by atoms with Crippen LogP contribution in [0.5, 0.6) is 0 Å². The Hall–Kier alpha value is -0.740. The van der Waals surface area contributed by atoms with Gasteiger partial charge in [-0.1, -0.05) is 13.8 Å². The molecule has 1 aromatic rings. The highest BCUT2D eigenvalue weighted by Gasteiger charge is 2.23. The van der Waals surface area contributed by atoms with Crippen LogP contribution in [0.25, 0.3) is 0 Å². The van der Waals surface area contributed by atoms with Crippen LogP contribution in [-0.4, -0.2) is 34.1 Å². The average Bonchev–Trinajstić information content (AvgIpc) is 2.35. The van der Waals surface area contributed by atoms with E-state index in [4.69, 9.17) is 0 Å². The number of thioether (sulfide) groups is 1. The number of hydrogen-bond donors (Lipinski definition) is 1. The van der Waals surface area contributed by atoms with Crippen molar-refractivity contribution in [1.29, 1.82) is 0 Å². The number of hydrogen-bond acceptors (Lipinski definition) is 4. The minimum atomic E-state index is 0.147. The molecule has 1 aliphatic rings. The van der Waals surface area contributed by atoms with Gasteiger partial charge in [0, 0.05) is 41.9 Å². The number of rotatable bonds is 3. The molecular weight excluding hydrogens is 266 g/mol. The second-order valence-electron chi connectivity index (χ2n) is 6.79. The summed E-state index contributed by atoms with van der Waals surface area (Å²) in [6.07, 6.45) is 1.94. The molecule has 0 spiro atoms. The molecule has 0 radical (unpaired) electrons. The maximum Gasteiger partial charge on any atom is 0.128 e. The van der Waals surface area contributed by atoms with E-state index in [-0.39, 0.29) is 5.54 Å². The average molecular weight is 293 g/mol. The Labute approximate surface area is 127 Å². The lowest BCUT2D eigenvalue weighted by Crippen LogP contribution is -2.41. The smallest absolute Gasteiger partial charge is 0.128 e. The highest BCUT2D eigenvalue weighted by atomic mass is 32.2. The number of pyridine rings is 1. The topological polar surface area (TPSA) is 28.2 Å². The summed E-state index contributed by atoms with van der Waals surface area (Å²) in [5, 5.41) is 4.89. The van der Waals surface area contributed by atoms with E-state index in [2.05, 4.69) is 73.7 Å². The molecule has 1 N–H and O–H groups in total. The molecule has 1 aliphatic heterocycles. The first kappa shape index (κ1) is 15.6. The van der Waals surface area contributed by atoms with E-state index >= 15 is 0 Å². The van der Waals surface area contributed by atoms with E-state index in [1.54, 1.807) is 0 Å². The van der Waals surface area contributed by atoms with Crippen molar-refractivity contribution >= 4 is 17.6 Å². The van der Waals surface area contributed by atoms with Gasteiger partial charge in [-0.2, -0.15) is 11.8 Å². The molecule has 0 bridgehead atoms. The monoisotopic (exact) mass is 293 g/mol. The molecule has 0 aliphatic carbocycles. The predicted molar refractivity (Wildman–Crippen MR) is 89.6 cm³/mol. The molecular formula is C16H27N3S. The summed E-state index contributed by atoms with van der Waals surface area (Å²) < 4.78 is 0. The first-order valence-corrected chi connectivity index (χ1v) is 8.38. The van der Waals surface area contributed by atoms with Crippen molar-refractivity contribution in [3.05, 3.63) is 23.9 Å². The van der Waals surface area contributed by atoms with E-state index in [9.17, 15) is 0 Å². The van der Waals surface area contributed by atoms with Crippen molar-refractivity contribution in [3.63, 3.8) is 0 Å². The molecule has 0 aromatic carbocycles. The molecule has 1 fully saturated rings. The van der Waals surface area contributed by atoms with E-state index in [1.807, 2.05) is 6.20 Å². The zero-order chi connectivity index (χ0) is 14.8. The van der Waals surface area contributed by atoms with Crippen LogP contribution in [-0.2, 0) is 6.54 Å². The molecule has 3 nitrogen and oxygen atoms in total. The van der Waals surface area contributed by atoms with Crippen LogP contribution in [0.4, 0.5) is 5.82 Å². The Morgan fingerprint density at radius 1 is 1.30 bits per heavy atom. The van der Waals surface area contributed by atoms with Gasteiger partial charge in [-0.3, -0.25) is 0 Å². The van der Waals surface area contributed by atoms with Gasteiger partial charge in [-0.25, -0.2) is 4.98 Å². The summed E-state index contributed by atoms with van der Waals surface area (Å²) in [7, 11) is 0. The molecule has 2 atom stereocenters. The first-order valence-electron chi connectivity index (χ1n) is 7.44. The number of aromatic nitrogens is 1. The SMILES string of the molecule is CC1CN(c2cc(CNC(C)(C)C)ccn2)CC(C)S1. The first-order chi connectivity index (χ1) is 9.33. The van der Waals surface area contributed by atoms with Gasteiger partial charge in [0.1, 0.15) is 5.82 Å². The van der Waals surface area contributed by atoms with Crippen molar-refractivity contribution < 1.29 is 0 Å². The lowest BCUT2D eigenvalue weighted by atomic mass is 10.1. The van der Waals surface area contributed by atoms with E-state index in [0.29, 0.717) is 10.5 Å². The third-order valence-electron chi connectivity index (χ3n) is 3.38. The maximum atomic E-state index is 4.57. The molecule has 2 heterocycles. The molecule has 0 amide bonds. The molecule has 20 heavy (non-hydrogen) atoms. The van der Waals surface area contributed by atoms with E-state index in [0.717, 1.165) is 25.5 Å². The van der Waals surface area contributed by atoms with E-state index in [1.165, 1.54) is 5.56 Å². The third-order valence-corrected chi connectivity index (χ3v) is 4.60. The molecule has 112 valence electrons. The predicted octanol–water partition coefficient (Wildman–Crippen LogP) is 3.30. The largest absolute Gasteiger partial charge is 0.354 e. The normalized spacial score (nSPS) is 23.9. The van der Waals surface area contributed by atoms with Crippen LogP contribution in [0.1, 0.15) is 40.2 Å². The second-order valence-corrected chi connectivity index (χ2v) is 8.67. The van der Waals surface area contributed by atoms with Gasteiger partial charge in [0.05, 0.1) is 0 Å². The minimum Gasteiger partial charge on any atom is -0.354 e. The van der Waals surface area contributed by atoms with Crippen LogP contribution < -0.4 is 10.2 Å². The fourth-order valence-electron chi connectivity index (χ4n) is 2.48. The van der Waals surface area contributed by atoms with Gasteiger partial charge in [0.2, 0.25) is 0 Å². The Morgan fingerprint density at radius 2 is 1.95 bits per heavy atom. The summed E-state index contributed by atoms with van der Waals surface area (Å²) in [5.41, 5.74) is 1.46. The Kier molecular flexibility index (Phi) is 4.97. The van der Waals surface area contributed by atoms with Crippen LogP contribution in [0, 0.1) is 0 Å². The summed E-state index contributed by atoms with van der Waals surface area (Å²) >= 11 is 2.08. The molecule has 1 aromatic heterocycles. The summed E-state index contributed by atoms with van der Waals surface area (Å²) in [4.78, 5) is 6.99. The second kappa shape index (κ2) is 6.35. The van der Waals surface area contributed by atoms with Crippen LogP contribution >= 0.6 is 11.8 Å². The summed E-state index contributed by atoms with van der Waals surface area (Å²) in [5.74, 6) is 1.12. The molecule has 4 heteroatoms. The van der Waals surface area contributed by atoms with Crippen molar-refractivity contribution in [1.82, 2.24) is 10.3 Å². The Bertz CT molecular complexity index is 432.